The van der Waals surface area contributed by atoms with Gasteiger partial charge in [-0.3, -0.25) is 9.48 Å². The van der Waals surface area contributed by atoms with Crippen molar-refractivity contribution in [3.05, 3.63) is 82.8 Å². The molecule has 10 heteroatoms. The number of halogens is 5. The molecule has 1 amide bonds. The zero-order valence-electron chi connectivity index (χ0n) is 15.4. The Bertz CT molecular complexity index is 1080. The number of methoxy groups -OCH3 is 1. The van der Waals surface area contributed by atoms with Gasteiger partial charge in [0.15, 0.2) is 29.1 Å². The van der Waals surface area contributed by atoms with E-state index in [9.17, 15) is 26.7 Å². The minimum atomic E-state index is -2.23. The van der Waals surface area contributed by atoms with E-state index in [2.05, 4.69) is 10.4 Å². The Morgan fingerprint density at radius 1 is 1.00 bits per heavy atom. The molecule has 5 nitrogen and oxygen atoms in total. The largest absolute Gasteiger partial charge is 0.497 e. The van der Waals surface area contributed by atoms with Crippen molar-refractivity contribution in [2.45, 2.75) is 6.54 Å². The van der Waals surface area contributed by atoms with Crippen LogP contribution >= 0.6 is 0 Å². The summed E-state index contributed by atoms with van der Waals surface area (Å²) in [7, 11) is 1.53. The van der Waals surface area contributed by atoms with Gasteiger partial charge in [-0.2, -0.15) is 5.10 Å². The summed E-state index contributed by atoms with van der Waals surface area (Å²) in [4.78, 5) is 12.0. The van der Waals surface area contributed by atoms with Crippen LogP contribution in [0.4, 0.5) is 27.8 Å². The third-order valence-electron chi connectivity index (χ3n) is 4.06. The Labute approximate surface area is 167 Å². The van der Waals surface area contributed by atoms with Crippen LogP contribution in [0.3, 0.4) is 0 Å². The van der Waals surface area contributed by atoms with Gasteiger partial charge >= 0.3 is 0 Å². The molecule has 2 aromatic carbocycles. The highest BCUT2D eigenvalue weighted by molar-refractivity contribution is 6.01. The predicted octanol–water partition coefficient (Wildman–Crippen LogP) is 4.29. The Hall–Kier alpha value is -3.69. The van der Waals surface area contributed by atoms with Gasteiger partial charge in [0.1, 0.15) is 5.75 Å². The molecule has 0 atom stereocenters. The quantitative estimate of drug-likeness (QED) is 0.279. The number of hydrogen-bond acceptors (Lipinski definition) is 3. The third kappa shape index (κ3) is 4.48. The molecule has 0 spiro atoms. The van der Waals surface area contributed by atoms with Crippen molar-refractivity contribution in [3.63, 3.8) is 0 Å². The topological polar surface area (TPSA) is 56.1 Å². The molecule has 0 aliphatic heterocycles. The van der Waals surface area contributed by atoms with Crippen molar-refractivity contribution in [1.82, 2.24) is 9.78 Å². The minimum Gasteiger partial charge on any atom is -0.497 e. The first-order chi connectivity index (χ1) is 14.3. The lowest BCUT2D eigenvalue weighted by Gasteiger charge is -2.08. The normalized spacial score (nSPS) is 11.1. The molecule has 0 radical (unpaired) electrons. The third-order valence-corrected chi connectivity index (χ3v) is 4.06. The number of aromatic nitrogens is 2. The molecule has 1 N–H and O–H groups in total. The van der Waals surface area contributed by atoms with Crippen molar-refractivity contribution >= 4 is 17.8 Å². The molecular formula is C20H14F5N3O2. The second-order valence-corrected chi connectivity index (χ2v) is 6.04. The van der Waals surface area contributed by atoms with E-state index < -0.39 is 47.1 Å². The molecule has 0 bridgehead atoms. The second-order valence-electron chi connectivity index (χ2n) is 6.04. The number of anilines is 1. The molecule has 156 valence electrons. The highest BCUT2D eigenvalue weighted by atomic mass is 19.2. The molecular weight excluding hydrogens is 409 g/mol. The van der Waals surface area contributed by atoms with E-state index in [0.29, 0.717) is 5.75 Å². The lowest BCUT2D eigenvalue weighted by molar-refractivity contribution is -0.111. The standard InChI is InChI=1S/C20H14F5N3O2/c1-30-12-5-2-11(3-6-12)4-7-15(29)26-14-8-9-28(27-14)10-13-16(21)18(23)20(25)19(24)17(13)22/h2-9H,10H2,1H3,(H,26,27,29)/b7-4+. The number of rotatable bonds is 6. The van der Waals surface area contributed by atoms with E-state index in [1.54, 1.807) is 30.3 Å². The van der Waals surface area contributed by atoms with Crippen molar-refractivity contribution in [2.24, 2.45) is 0 Å². The van der Waals surface area contributed by atoms with Gasteiger partial charge in [-0.15, -0.1) is 0 Å². The zero-order valence-corrected chi connectivity index (χ0v) is 15.4. The van der Waals surface area contributed by atoms with Gasteiger partial charge in [0.05, 0.1) is 19.2 Å². The van der Waals surface area contributed by atoms with Crippen LogP contribution in [0.25, 0.3) is 6.08 Å². The van der Waals surface area contributed by atoms with Crippen LogP contribution in [0.15, 0.2) is 42.6 Å². The number of nitrogens with one attached hydrogen (secondary N) is 1. The summed E-state index contributed by atoms with van der Waals surface area (Å²) in [5.41, 5.74) is -0.297. The van der Waals surface area contributed by atoms with Gasteiger partial charge in [-0.1, -0.05) is 12.1 Å². The van der Waals surface area contributed by atoms with Gasteiger partial charge in [0, 0.05) is 18.3 Å². The Balaban J connectivity index is 1.68. The summed E-state index contributed by atoms with van der Waals surface area (Å²) >= 11 is 0. The minimum absolute atomic E-state index is 0.0308. The lowest BCUT2D eigenvalue weighted by Crippen LogP contribution is -2.12. The molecule has 0 unspecified atom stereocenters. The number of benzene rings is 2. The van der Waals surface area contributed by atoms with E-state index in [0.717, 1.165) is 10.2 Å². The van der Waals surface area contributed by atoms with Crippen molar-refractivity contribution < 1.29 is 31.5 Å². The first-order valence-electron chi connectivity index (χ1n) is 8.47. The molecule has 30 heavy (non-hydrogen) atoms. The van der Waals surface area contributed by atoms with Crippen LogP contribution in [0, 0.1) is 29.1 Å². The van der Waals surface area contributed by atoms with E-state index in [-0.39, 0.29) is 5.82 Å². The second kappa shape index (κ2) is 8.76. The number of carbonyl (C=O) groups is 1. The SMILES string of the molecule is COc1ccc(/C=C/C(=O)Nc2ccn(Cc3c(F)c(F)c(F)c(F)c3F)n2)cc1. The van der Waals surface area contributed by atoms with Crippen LogP contribution in [-0.2, 0) is 11.3 Å². The highest BCUT2D eigenvalue weighted by Crippen LogP contribution is 2.23. The van der Waals surface area contributed by atoms with Crippen LogP contribution in [-0.4, -0.2) is 22.8 Å². The molecule has 3 rings (SSSR count). The summed E-state index contributed by atoms with van der Waals surface area (Å²) in [6.45, 7) is -0.719. The van der Waals surface area contributed by atoms with Crippen molar-refractivity contribution in [2.75, 3.05) is 12.4 Å². The van der Waals surface area contributed by atoms with Gasteiger partial charge in [0.25, 0.3) is 0 Å². The zero-order chi connectivity index (χ0) is 21.8. The highest BCUT2D eigenvalue weighted by Gasteiger charge is 2.25. The van der Waals surface area contributed by atoms with E-state index >= 15 is 0 Å². The lowest BCUT2D eigenvalue weighted by atomic mass is 10.1. The average Bonchev–Trinajstić information content (AvgIpc) is 3.19. The average molecular weight is 423 g/mol. The molecule has 0 saturated carbocycles. The number of hydrogen-bond donors (Lipinski definition) is 1. The molecule has 0 aliphatic carbocycles. The maximum Gasteiger partial charge on any atom is 0.249 e. The maximum absolute atomic E-state index is 13.8. The smallest absolute Gasteiger partial charge is 0.249 e. The van der Waals surface area contributed by atoms with Crippen molar-refractivity contribution in [3.8, 4) is 5.75 Å². The van der Waals surface area contributed by atoms with Crippen LogP contribution in [0.1, 0.15) is 11.1 Å². The van der Waals surface area contributed by atoms with Crippen LogP contribution in [0.2, 0.25) is 0 Å². The van der Waals surface area contributed by atoms with Crippen LogP contribution < -0.4 is 10.1 Å². The fourth-order valence-corrected chi connectivity index (χ4v) is 2.52. The summed E-state index contributed by atoms with van der Waals surface area (Å²) < 4.78 is 73.2. The molecule has 1 heterocycles. The number of amides is 1. The van der Waals surface area contributed by atoms with E-state index in [4.69, 9.17) is 4.74 Å². The molecule has 0 saturated heterocycles. The van der Waals surface area contributed by atoms with Gasteiger partial charge in [-0.25, -0.2) is 22.0 Å². The number of carbonyl (C=O) groups excluding carboxylic acids is 1. The Morgan fingerprint density at radius 3 is 2.20 bits per heavy atom. The summed E-state index contributed by atoms with van der Waals surface area (Å²) in [5, 5.41) is 6.27. The first kappa shape index (κ1) is 21.0. The molecule has 0 fully saturated rings. The fraction of sp³-hybridized carbons (Fsp3) is 0.100. The summed E-state index contributed by atoms with van der Waals surface area (Å²) in [6, 6.07) is 8.23. The van der Waals surface area contributed by atoms with Crippen molar-refractivity contribution in [1.29, 1.82) is 0 Å². The summed E-state index contributed by atoms with van der Waals surface area (Å²) in [6.07, 6.45) is 4.01. The predicted molar refractivity (Wildman–Crippen MR) is 98.2 cm³/mol. The summed E-state index contributed by atoms with van der Waals surface area (Å²) in [5.74, 6) is -10.0. The monoisotopic (exact) mass is 423 g/mol. The van der Waals surface area contributed by atoms with Crippen LogP contribution in [0.5, 0.6) is 5.75 Å². The molecule has 1 aromatic heterocycles. The van der Waals surface area contributed by atoms with Gasteiger partial charge < -0.3 is 10.1 Å². The molecule has 3 aromatic rings. The van der Waals surface area contributed by atoms with Gasteiger partial charge in [-0.05, 0) is 23.8 Å². The van der Waals surface area contributed by atoms with E-state index in [1.165, 1.54) is 25.4 Å². The van der Waals surface area contributed by atoms with Gasteiger partial charge in [0.2, 0.25) is 11.7 Å². The van der Waals surface area contributed by atoms with E-state index in [1.807, 2.05) is 0 Å². The Kier molecular flexibility index (Phi) is 6.14. The fourth-order valence-electron chi connectivity index (χ4n) is 2.52. The first-order valence-corrected chi connectivity index (χ1v) is 8.47. The number of nitrogens with zero attached hydrogens (tertiary/aromatic N) is 2. The molecule has 0 aliphatic rings. The maximum atomic E-state index is 13.8. The Morgan fingerprint density at radius 2 is 1.60 bits per heavy atom. The number of ether oxygens (including phenoxy) is 1.